The summed E-state index contributed by atoms with van der Waals surface area (Å²) in [6.07, 6.45) is 0. The fourth-order valence-electron chi connectivity index (χ4n) is 0.955. The first kappa shape index (κ1) is 12.1. The third kappa shape index (κ3) is 3.20. The third-order valence-electron chi connectivity index (χ3n) is 1.72. The SMILES string of the molecule is CC(C)(C)c1ccc([S-])cc1.[Zn]. The van der Waals surface area contributed by atoms with Crippen molar-refractivity contribution in [3.63, 3.8) is 0 Å². The first-order valence-electron chi connectivity index (χ1n) is 3.78. The van der Waals surface area contributed by atoms with Gasteiger partial charge in [0.1, 0.15) is 0 Å². The molecule has 1 aromatic carbocycles. The van der Waals surface area contributed by atoms with Crippen LogP contribution in [0.25, 0.3) is 0 Å². The maximum atomic E-state index is 4.99. The summed E-state index contributed by atoms with van der Waals surface area (Å²) in [6, 6.07) is 8.16. The van der Waals surface area contributed by atoms with Gasteiger partial charge in [0.25, 0.3) is 0 Å². The number of hydrogen-bond donors (Lipinski definition) is 0. The summed E-state index contributed by atoms with van der Waals surface area (Å²) < 4.78 is 0. The van der Waals surface area contributed by atoms with Crippen LogP contribution in [0.5, 0.6) is 0 Å². The second-order valence-corrected chi connectivity index (χ2v) is 4.25. The van der Waals surface area contributed by atoms with E-state index in [1.165, 1.54) is 5.56 Å². The van der Waals surface area contributed by atoms with Crippen molar-refractivity contribution in [3.8, 4) is 0 Å². The molecule has 1 rings (SSSR count). The number of hydrogen-bond acceptors (Lipinski definition) is 1. The molecule has 2 heteroatoms. The molecular formula is C10H13SZn-. The van der Waals surface area contributed by atoms with Crippen molar-refractivity contribution in [1.82, 2.24) is 0 Å². The summed E-state index contributed by atoms with van der Waals surface area (Å²) in [5.74, 6) is 0. The average Bonchev–Trinajstić information content (AvgIpc) is 1.86. The maximum absolute atomic E-state index is 4.99. The van der Waals surface area contributed by atoms with Crippen LogP contribution >= 0.6 is 0 Å². The van der Waals surface area contributed by atoms with Crippen molar-refractivity contribution >= 4 is 12.6 Å². The predicted molar refractivity (Wildman–Crippen MR) is 50.8 cm³/mol. The van der Waals surface area contributed by atoms with E-state index in [1.807, 2.05) is 12.1 Å². The molecule has 0 aromatic heterocycles. The Balaban J connectivity index is 0.00000121. The molecule has 0 bridgehead atoms. The second kappa shape index (κ2) is 4.34. The molecule has 0 unspecified atom stereocenters. The Kier molecular flexibility index (Phi) is 4.37. The van der Waals surface area contributed by atoms with Crippen LogP contribution in [-0.2, 0) is 37.5 Å². The summed E-state index contributed by atoms with van der Waals surface area (Å²) in [7, 11) is 0. The molecule has 0 radical (unpaired) electrons. The minimum Gasteiger partial charge on any atom is -0.780 e. The third-order valence-corrected chi connectivity index (χ3v) is 1.99. The zero-order chi connectivity index (χ0) is 8.48. The molecule has 0 heterocycles. The topological polar surface area (TPSA) is 0 Å². The predicted octanol–water partition coefficient (Wildman–Crippen LogP) is 2.89. The van der Waals surface area contributed by atoms with Gasteiger partial charge in [-0.15, -0.1) is 0 Å². The van der Waals surface area contributed by atoms with Crippen LogP contribution < -0.4 is 0 Å². The molecule has 0 atom stereocenters. The largest absolute Gasteiger partial charge is 0.780 e. The van der Waals surface area contributed by atoms with E-state index < -0.39 is 0 Å². The van der Waals surface area contributed by atoms with E-state index in [0.29, 0.717) is 0 Å². The van der Waals surface area contributed by atoms with Crippen LogP contribution in [0.15, 0.2) is 29.2 Å². The average molecular weight is 231 g/mol. The molecule has 0 aliphatic carbocycles. The Morgan fingerprint density at radius 2 is 1.42 bits per heavy atom. The Bertz CT molecular complexity index is 233. The maximum Gasteiger partial charge on any atom is 0 e. The fourth-order valence-corrected chi connectivity index (χ4v) is 1.09. The Labute approximate surface area is 92.9 Å². The summed E-state index contributed by atoms with van der Waals surface area (Å²) >= 11 is 4.99. The monoisotopic (exact) mass is 229 g/mol. The van der Waals surface area contributed by atoms with E-state index in [0.717, 1.165) is 4.90 Å². The summed E-state index contributed by atoms with van der Waals surface area (Å²) in [5, 5.41) is 0. The minimum atomic E-state index is 0. The summed E-state index contributed by atoms with van der Waals surface area (Å²) in [5.41, 5.74) is 1.58. The van der Waals surface area contributed by atoms with Crippen molar-refractivity contribution in [3.05, 3.63) is 29.8 Å². The molecule has 62 valence electrons. The van der Waals surface area contributed by atoms with E-state index in [4.69, 9.17) is 12.6 Å². The zero-order valence-electron chi connectivity index (χ0n) is 7.92. The van der Waals surface area contributed by atoms with Gasteiger partial charge in [0, 0.05) is 19.5 Å². The van der Waals surface area contributed by atoms with Gasteiger partial charge in [-0.05, 0) is 11.0 Å². The van der Waals surface area contributed by atoms with Crippen LogP contribution in [0, 0.1) is 0 Å². The molecule has 0 spiro atoms. The Morgan fingerprint density at radius 1 is 1.00 bits per heavy atom. The first-order chi connectivity index (χ1) is 5.00. The van der Waals surface area contributed by atoms with Crippen LogP contribution in [0.1, 0.15) is 26.3 Å². The minimum absolute atomic E-state index is 0. The second-order valence-electron chi connectivity index (χ2n) is 3.77. The van der Waals surface area contributed by atoms with Gasteiger partial charge < -0.3 is 12.6 Å². The van der Waals surface area contributed by atoms with Gasteiger partial charge in [0.05, 0.1) is 0 Å². The van der Waals surface area contributed by atoms with Gasteiger partial charge in [-0.1, -0.05) is 45.0 Å². The van der Waals surface area contributed by atoms with Crippen molar-refractivity contribution in [2.45, 2.75) is 31.1 Å². The summed E-state index contributed by atoms with van der Waals surface area (Å²) in [6.45, 7) is 6.60. The van der Waals surface area contributed by atoms with Crippen molar-refractivity contribution < 1.29 is 19.5 Å². The van der Waals surface area contributed by atoms with Gasteiger partial charge in [-0.25, -0.2) is 0 Å². The smallest absolute Gasteiger partial charge is 0 e. The molecule has 1 aromatic rings. The number of rotatable bonds is 0. The van der Waals surface area contributed by atoms with Crippen molar-refractivity contribution in [2.75, 3.05) is 0 Å². The molecule has 0 aliphatic rings. The number of benzene rings is 1. The first-order valence-corrected chi connectivity index (χ1v) is 4.18. The van der Waals surface area contributed by atoms with Crippen molar-refractivity contribution in [2.24, 2.45) is 0 Å². The van der Waals surface area contributed by atoms with Gasteiger partial charge in [-0.3, -0.25) is 0 Å². The Morgan fingerprint density at radius 3 is 1.75 bits per heavy atom. The van der Waals surface area contributed by atoms with Gasteiger partial charge >= 0.3 is 0 Å². The molecule has 0 fully saturated rings. The molecule has 0 saturated carbocycles. The van der Waals surface area contributed by atoms with Crippen molar-refractivity contribution in [1.29, 1.82) is 0 Å². The summed E-state index contributed by atoms with van der Waals surface area (Å²) in [4.78, 5) is 0.915. The standard InChI is InChI=1S/C10H14S.Zn/c1-10(2,3)8-4-6-9(11)7-5-8;/h4-7,11H,1-3H3;/p-1. The molecule has 0 aliphatic heterocycles. The van der Waals surface area contributed by atoms with E-state index >= 15 is 0 Å². The van der Waals surface area contributed by atoms with Crippen LogP contribution in [0.2, 0.25) is 0 Å². The van der Waals surface area contributed by atoms with E-state index in [-0.39, 0.29) is 24.9 Å². The molecular weight excluding hydrogens is 218 g/mol. The molecule has 12 heavy (non-hydrogen) atoms. The zero-order valence-corrected chi connectivity index (χ0v) is 11.7. The van der Waals surface area contributed by atoms with E-state index in [9.17, 15) is 0 Å². The molecule has 0 nitrogen and oxygen atoms in total. The Hall–Kier alpha value is 0.0634. The van der Waals surface area contributed by atoms with Gasteiger partial charge in [0.15, 0.2) is 0 Å². The van der Waals surface area contributed by atoms with E-state index in [2.05, 4.69) is 32.9 Å². The molecule has 0 saturated heterocycles. The van der Waals surface area contributed by atoms with Crippen LogP contribution in [0.3, 0.4) is 0 Å². The quantitative estimate of drug-likeness (QED) is 0.488. The normalized spacial score (nSPS) is 10.6. The van der Waals surface area contributed by atoms with Gasteiger partial charge in [-0.2, -0.15) is 4.90 Å². The molecule has 0 amide bonds. The van der Waals surface area contributed by atoms with Crippen LogP contribution in [-0.4, -0.2) is 0 Å². The van der Waals surface area contributed by atoms with Crippen LogP contribution in [0.4, 0.5) is 0 Å². The van der Waals surface area contributed by atoms with Gasteiger partial charge in [0.2, 0.25) is 0 Å². The van der Waals surface area contributed by atoms with E-state index in [1.54, 1.807) is 0 Å². The fraction of sp³-hybridized carbons (Fsp3) is 0.400. The molecule has 0 N–H and O–H groups in total.